The Morgan fingerprint density at radius 1 is 1.40 bits per heavy atom. The Kier molecular flexibility index (Phi) is 2.20. The molecule has 15 heavy (non-hydrogen) atoms. The molecule has 3 nitrogen and oxygen atoms in total. The number of rotatable bonds is 0. The number of halogens is 1. The molecule has 1 fully saturated rings. The van der Waals surface area contributed by atoms with Gasteiger partial charge in [0.2, 0.25) is 0 Å². The van der Waals surface area contributed by atoms with Crippen molar-refractivity contribution in [3.05, 3.63) is 28.5 Å². The SMILES string of the molecule is Clc1ccc2c(n1)C1(CCCOC1)OC2. The summed E-state index contributed by atoms with van der Waals surface area (Å²) in [5.41, 5.74) is 1.80. The van der Waals surface area contributed by atoms with Crippen LogP contribution in [0, 0.1) is 0 Å². The molecule has 0 bridgehead atoms. The molecule has 3 rings (SSSR count). The maximum absolute atomic E-state index is 5.92. The Bertz CT molecular complexity index is 383. The van der Waals surface area contributed by atoms with Gasteiger partial charge in [-0.1, -0.05) is 17.7 Å². The lowest BCUT2D eigenvalue weighted by Crippen LogP contribution is -2.36. The van der Waals surface area contributed by atoms with Gasteiger partial charge in [0.15, 0.2) is 0 Å². The molecule has 2 aliphatic heterocycles. The van der Waals surface area contributed by atoms with Gasteiger partial charge in [0.05, 0.1) is 18.9 Å². The van der Waals surface area contributed by atoms with Crippen LogP contribution in [0.3, 0.4) is 0 Å². The lowest BCUT2D eigenvalue weighted by molar-refractivity contribution is -0.127. The van der Waals surface area contributed by atoms with Gasteiger partial charge in [-0.3, -0.25) is 0 Å². The van der Waals surface area contributed by atoms with Crippen molar-refractivity contribution in [2.75, 3.05) is 13.2 Å². The second-order valence-electron chi connectivity index (χ2n) is 4.08. The van der Waals surface area contributed by atoms with Crippen LogP contribution in [0.1, 0.15) is 24.1 Å². The highest BCUT2D eigenvalue weighted by Crippen LogP contribution is 2.41. The lowest BCUT2D eigenvalue weighted by atomic mass is 9.92. The molecule has 0 saturated carbocycles. The van der Waals surface area contributed by atoms with E-state index in [0.29, 0.717) is 18.4 Å². The van der Waals surface area contributed by atoms with Crippen LogP contribution in [0.4, 0.5) is 0 Å². The van der Waals surface area contributed by atoms with E-state index in [9.17, 15) is 0 Å². The van der Waals surface area contributed by atoms with E-state index >= 15 is 0 Å². The van der Waals surface area contributed by atoms with Crippen LogP contribution in [0.15, 0.2) is 12.1 Å². The number of ether oxygens (including phenoxy) is 2. The standard InChI is InChI=1S/C11H12ClNO2/c12-9-3-2-8-6-15-11(10(8)13-9)4-1-5-14-7-11/h2-3H,1,4-7H2. The maximum atomic E-state index is 5.92. The second-order valence-corrected chi connectivity index (χ2v) is 4.47. The number of hydrogen-bond donors (Lipinski definition) is 0. The third kappa shape index (κ3) is 1.46. The van der Waals surface area contributed by atoms with Crippen molar-refractivity contribution >= 4 is 11.6 Å². The van der Waals surface area contributed by atoms with E-state index in [1.165, 1.54) is 0 Å². The third-order valence-corrected chi connectivity index (χ3v) is 3.30. The summed E-state index contributed by atoms with van der Waals surface area (Å²) in [7, 11) is 0. The Labute approximate surface area is 93.4 Å². The van der Waals surface area contributed by atoms with E-state index in [2.05, 4.69) is 4.98 Å². The average Bonchev–Trinajstić information content (AvgIpc) is 2.59. The molecular weight excluding hydrogens is 214 g/mol. The molecule has 1 unspecified atom stereocenters. The van der Waals surface area contributed by atoms with Gasteiger partial charge in [-0.05, 0) is 18.9 Å². The first-order valence-electron chi connectivity index (χ1n) is 5.18. The summed E-state index contributed by atoms with van der Waals surface area (Å²) in [5.74, 6) is 0. The number of hydrogen-bond acceptors (Lipinski definition) is 3. The number of pyridine rings is 1. The first-order chi connectivity index (χ1) is 7.30. The van der Waals surface area contributed by atoms with Crippen molar-refractivity contribution in [3.8, 4) is 0 Å². The Morgan fingerprint density at radius 2 is 2.33 bits per heavy atom. The molecule has 4 heteroatoms. The monoisotopic (exact) mass is 225 g/mol. The van der Waals surface area contributed by atoms with Crippen LogP contribution in [-0.4, -0.2) is 18.2 Å². The topological polar surface area (TPSA) is 31.4 Å². The summed E-state index contributed by atoms with van der Waals surface area (Å²) in [4.78, 5) is 4.39. The molecule has 0 radical (unpaired) electrons. The van der Waals surface area contributed by atoms with Crippen LogP contribution in [0.5, 0.6) is 0 Å². The van der Waals surface area contributed by atoms with Crippen molar-refractivity contribution < 1.29 is 9.47 Å². The molecule has 1 atom stereocenters. The van der Waals surface area contributed by atoms with Gasteiger partial charge in [0, 0.05) is 12.2 Å². The van der Waals surface area contributed by atoms with Crippen molar-refractivity contribution in [2.24, 2.45) is 0 Å². The lowest BCUT2D eigenvalue weighted by Gasteiger charge is -2.32. The van der Waals surface area contributed by atoms with E-state index in [-0.39, 0.29) is 5.60 Å². The van der Waals surface area contributed by atoms with Gasteiger partial charge in [-0.2, -0.15) is 0 Å². The van der Waals surface area contributed by atoms with Crippen molar-refractivity contribution in [3.63, 3.8) is 0 Å². The molecule has 1 aromatic heterocycles. The summed E-state index contributed by atoms with van der Waals surface area (Å²) in [6.07, 6.45) is 2.00. The van der Waals surface area contributed by atoms with Crippen LogP contribution in [0.25, 0.3) is 0 Å². The molecule has 0 N–H and O–H groups in total. The molecule has 2 aliphatic rings. The van der Waals surface area contributed by atoms with Crippen LogP contribution >= 0.6 is 11.6 Å². The number of nitrogens with zero attached hydrogens (tertiary/aromatic N) is 1. The smallest absolute Gasteiger partial charge is 0.134 e. The first kappa shape index (κ1) is 9.58. The third-order valence-electron chi connectivity index (χ3n) is 3.08. The molecule has 1 spiro atoms. The molecular formula is C11H12ClNO2. The van der Waals surface area contributed by atoms with Gasteiger partial charge in [0.25, 0.3) is 0 Å². The molecule has 80 valence electrons. The summed E-state index contributed by atoms with van der Waals surface area (Å²) >= 11 is 5.92. The van der Waals surface area contributed by atoms with Gasteiger partial charge in [-0.25, -0.2) is 4.98 Å². The van der Waals surface area contributed by atoms with E-state index in [0.717, 1.165) is 30.7 Å². The normalized spacial score (nSPS) is 29.4. The van der Waals surface area contributed by atoms with E-state index in [4.69, 9.17) is 21.1 Å². The predicted molar refractivity (Wildman–Crippen MR) is 55.8 cm³/mol. The van der Waals surface area contributed by atoms with Crippen molar-refractivity contribution in [1.29, 1.82) is 0 Å². The minimum Gasteiger partial charge on any atom is -0.378 e. The zero-order valence-corrected chi connectivity index (χ0v) is 9.09. The minimum atomic E-state index is -0.321. The summed E-state index contributed by atoms with van der Waals surface area (Å²) in [6.45, 7) is 2.05. The predicted octanol–water partition coefficient (Wildman–Crippen LogP) is 2.27. The highest BCUT2D eigenvalue weighted by molar-refractivity contribution is 6.29. The van der Waals surface area contributed by atoms with E-state index in [1.807, 2.05) is 12.1 Å². The van der Waals surface area contributed by atoms with Crippen molar-refractivity contribution in [1.82, 2.24) is 4.98 Å². The molecule has 0 amide bonds. The molecule has 0 aliphatic carbocycles. The Balaban J connectivity index is 2.05. The minimum absolute atomic E-state index is 0.321. The van der Waals surface area contributed by atoms with E-state index in [1.54, 1.807) is 0 Å². The van der Waals surface area contributed by atoms with Gasteiger partial charge in [0.1, 0.15) is 10.8 Å². The number of fused-ring (bicyclic) bond motifs is 2. The molecule has 1 saturated heterocycles. The fraction of sp³-hybridized carbons (Fsp3) is 0.545. The maximum Gasteiger partial charge on any atom is 0.134 e. The molecule has 0 aromatic carbocycles. The summed E-state index contributed by atoms with van der Waals surface area (Å²) in [5, 5.41) is 0.532. The molecule has 3 heterocycles. The van der Waals surface area contributed by atoms with Crippen molar-refractivity contribution in [2.45, 2.75) is 25.0 Å². The van der Waals surface area contributed by atoms with Crippen LogP contribution < -0.4 is 0 Å². The fourth-order valence-corrected chi connectivity index (χ4v) is 2.48. The fourth-order valence-electron chi connectivity index (χ4n) is 2.33. The van der Waals surface area contributed by atoms with Crippen LogP contribution in [0.2, 0.25) is 5.15 Å². The zero-order valence-electron chi connectivity index (χ0n) is 8.33. The van der Waals surface area contributed by atoms with Gasteiger partial charge < -0.3 is 9.47 Å². The quantitative estimate of drug-likeness (QED) is 0.635. The van der Waals surface area contributed by atoms with Gasteiger partial charge in [-0.15, -0.1) is 0 Å². The van der Waals surface area contributed by atoms with Crippen LogP contribution in [-0.2, 0) is 21.7 Å². The number of aromatic nitrogens is 1. The summed E-state index contributed by atoms with van der Waals surface area (Å²) < 4.78 is 11.4. The Morgan fingerprint density at radius 3 is 3.13 bits per heavy atom. The first-order valence-corrected chi connectivity index (χ1v) is 5.56. The largest absolute Gasteiger partial charge is 0.378 e. The Hall–Kier alpha value is -0.640. The van der Waals surface area contributed by atoms with Gasteiger partial charge >= 0.3 is 0 Å². The highest BCUT2D eigenvalue weighted by Gasteiger charge is 2.43. The van der Waals surface area contributed by atoms with E-state index < -0.39 is 0 Å². The average molecular weight is 226 g/mol. The highest BCUT2D eigenvalue weighted by atomic mass is 35.5. The second kappa shape index (κ2) is 3.44. The molecule has 1 aromatic rings. The zero-order chi connectivity index (χ0) is 10.3. The summed E-state index contributed by atoms with van der Waals surface area (Å²) in [6, 6.07) is 3.81.